The fourth-order valence-electron chi connectivity index (χ4n) is 1.08. The molecule has 2 unspecified atom stereocenters. The van der Waals surface area contributed by atoms with Crippen LogP contribution in [0.2, 0.25) is 0 Å². The van der Waals surface area contributed by atoms with Crippen LogP contribution >= 0.6 is 28.1 Å². The number of hydrogen-bond acceptors (Lipinski definition) is 3. The summed E-state index contributed by atoms with van der Waals surface area (Å²) >= 11 is 8.79. The highest BCUT2D eigenvalue weighted by Gasteiger charge is 2.20. The third-order valence-corrected chi connectivity index (χ3v) is 4.47. The van der Waals surface area contributed by atoms with Gasteiger partial charge in [-0.25, -0.2) is 0 Å². The van der Waals surface area contributed by atoms with Crippen molar-refractivity contribution in [1.82, 2.24) is 4.90 Å². The second-order valence-electron chi connectivity index (χ2n) is 3.73. The lowest BCUT2D eigenvalue weighted by atomic mass is 10.0. The number of carbonyl (C=O) groups is 1. The minimum absolute atomic E-state index is 0.132. The van der Waals surface area contributed by atoms with E-state index in [-0.39, 0.29) is 10.8 Å². The zero-order valence-electron chi connectivity index (χ0n) is 9.62. The summed E-state index contributed by atoms with van der Waals surface area (Å²) in [5.41, 5.74) is 0. The molecule has 88 valence electrons. The van der Waals surface area contributed by atoms with Gasteiger partial charge in [0.1, 0.15) is 0 Å². The molecule has 3 nitrogen and oxygen atoms in total. The second kappa shape index (κ2) is 7.17. The van der Waals surface area contributed by atoms with Crippen molar-refractivity contribution in [2.24, 2.45) is 5.92 Å². The predicted molar refractivity (Wildman–Crippen MR) is 69.4 cm³/mol. The van der Waals surface area contributed by atoms with Gasteiger partial charge in [0.25, 0.3) is 0 Å². The summed E-state index contributed by atoms with van der Waals surface area (Å²) in [6.45, 7) is 2.07. The van der Waals surface area contributed by atoms with E-state index in [4.69, 9.17) is 12.2 Å². The van der Waals surface area contributed by atoms with Crippen LogP contribution in [0.25, 0.3) is 0 Å². The van der Waals surface area contributed by atoms with Crippen LogP contribution in [-0.4, -0.2) is 41.9 Å². The van der Waals surface area contributed by atoms with E-state index in [2.05, 4.69) is 27.6 Å². The van der Waals surface area contributed by atoms with Crippen molar-refractivity contribution < 1.29 is 9.53 Å². The average molecular weight is 296 g/mol. The van der Waals surface area contributed by atoms with E-state index >= 15 is 0 Å². The van der Waals surface area contributed by atoms with Crippen molar-refractivity contribution in [2.45, 2.75) is 24.6 Å². The zero-order valence-corrected chi connectivity index (χ0v) is 12.0. The minimum atomic E-state index is -0.169. The smallest absolute Gasteiger partial charge is 0.305 e. The molecule has 0 aliphatic heterocycles. The molecule has 15 heavy (non-hydrogen) atoms. The van der Waals surface area contributed by atoms with Gasteiger partial charge in [-0.3, -0.25) is 4.79 Å². The molecule has 0 heterocycles. The van der Waals surface area contributed by atoms with Crippen LogP contribution in [0.4, 0.5) is 0 Å². The van der Waals surface area contributed by atoms with Crippen molar-refractivity contribution in [2.75, 3.05) is 21.2 Å². The van der Waals surface area contributed by atoms with E-state index in [0.717, 1.165) is 11.4 Å². The Balaban J connectivity index is 4.04. The van der Waals surface area contributed by atoms with Crippen molar-refractivity contribution in [3.63, 3.8) is 0 Å². The molecule has 0 radical (unpaired) electrons. The lowest BCUT2D eigenvalue weighted by Crippen LogP contribution is -2.32. The Labute approximate surface area is 105 Å². The Morgan fingerprint density at radius 3 is 2.47 bits per heavy atom. The standard InChI is InChI=1S/C10H18BrNO2S/c1-7(5-6-8(13)14-4)9(11)10(15)12(2)3/h7,9H,5-6H2,1-4H3. The van der Waals surface area contributed by atoms with Gasteiger partial charge in [-0.05, 0) is 12.3 Å². The van der Waals surface area contributed by atoms with E-state index in [1.54, 1.807) is 0 Å². The highest BCUT2D eigenvalue weighted by atomic mass is 79.9. The summed E-state index contributed by atoms with van der Waals surface area (Å²) in [4.78, 5) is 13.9. The number of nitrogens with zero attached hydrogens (tertiary/aromatic N) is 1. The van der Waals surface area contributed by atoms with Crippen molar-refractivity contribution in [1.29, 1.82) is 0 Å². The molecule has 0 aromatic rings. The van der Waals surface area contributed by atoms with Crippen LogP contribution in [-0.2, 0) is 9.53 Å². The van der Waals surface area contributed by atoms with Gasteiger partial charge in [0.2, 0.25) is 0 Å². The van der Waals surface area contributed by atoms with Crippen LogP contribution in [0.15, 0.2) is 0 Å². The summed E-state index contributed by atoms with van der Waals surface area (Å²) in [6, 6.07) is 0. The van der Waals surface area contributed by atoms with Gasteiger partial charge < -0.3 is 9.64 Å². The molecule has 0 aliphatic carbocycles. The molecule has 0 aromatic heterocycles. The first kappa shape index (κ1) is 14.8. The maximum absolute atomic E-state index is 11.0. The van der Waals surface area contributed by atoms with E-state index in [0.29, 0.717) is 12.3 Å². The molecule has 0 amide bonds. The SMILES string of the molecule is COC(=O)CCC(C)C(Br)C(=S)N(C)C. The minimum Gasteiger partial charge on any atom is -0.469 e. The molecule has 0 spiro atoms. The number of alkyl halides is 1. The summed E-state index contributed by atoms with van der Waals surface area (Å²) in [6.07, 6.45) is 1.21. The maximum Gasteiger partial charge on any atom is 0.305 e. The molecular weight excluding hydrogens is 278 g/mol. The Kier molecular flexibility index (Phi) is 7.09. The van der Waals surface area contributed by atoms with Crippen LogP contribution < -0.4 is 0 Å². The first-order valence-electron chi connectivity index (χ1n) is 4.82. The first-order valence-corrected chi connectivity index (χ1v) is 6.14. The summed E-state index contributed by atoms with van der Waals surface area (Å²) in [7, 11) is 5.25. The molecule has 2 atom stereocenters. The van der Waals surface area contributed by atoms with Crippen molar-refractivity contribution in [3.8, 4) is 0 Å². The third kappa shape index (κ3) is 5.47. The number of carbonyl (C=O) groups excluding carboxylic acids is 1. The molecule has 0 rings (SSSR count). The fourth-order valence-corrected chi connectivity index (χ4v) is 1.99. The Hall–Kier alpha value is -0.160. The lowest BCUT2D eigenvalue weighted by Gasteiger charge is -2.23. The van der Waals surface area contributed by atoms with E-state index in [1.165, 1.54) is 7.11 Å². The highest BCUT2D eigenvalue weighted by Crippen LogP contribution is 2.20. The number of ether oxygens (including phenoxy) is 1. The molecule has 0 aromatic carbocycles. The number of halogens is 1. The van der Waals surface area contributed by atoms with Gasteiger partial charge >= 0.3 is 5.97 Å². The molecule has 0 fully saturated rings. The number of esters is 1. The van der Waals surface area contributed by atoms with Gasteiger partial charge in [-0.1, -0.05) is 35.1 Å². The van der Waals surface area contributed by atoms with Gasteiger partial charge in [-0.15, -0.1) is 0 Å². The monoisotopic (exact) mass is 295 g/mol. The van der Waals surface area contributed by atoms with Gasteiger partial charge in [0.05, 0.1) is 16.9 Å². The molecular formula is C10H18BrNO2S. The second-order valence-corrected chi connectivity index (χ2v) is 5.13. The lowest BCUT2D eigenvalue weighted by molar-refractivity contribution is -0.140. The summed E-state index contributed by atoms with van der Waals surface area (Å²) in [5, 5.41) is 0. The van der Waals surface area contributed by atoms with Crippen molar-refractivity contribution in [3.05, 3.63) is 0 Å². The summed E-state index contributed by atoms with van der Waals surface area (Å²) in [5.74, 6) is 0.149. The largest absolute Gasteiger partial charge is 0.469 e. The van der Waals surface area contributed by atoms with E-state index in [1.807, 2.05) is 19.0 Å². The Bertz CT molecular complexity index is 233. The quantitative estimate of drug-likeness (QED) is 0.442. The van der Waals surface area contributed by atoms with Crippen LogP contribution in [0.1, 0.15) is 19.8 Å². The molecule has 0 saturated heterocycles. The number of hydrogen-bond donors (Lipinski definition) is 0. The predicted octanol–water partition coefficient (Wildman–Crippen LogP) is 2.23. The third-order valence-electron chi connectivity index (χ3n) is 2.21. The fraction of sp³-hybridized carbons (Fsp3) is 0.800. The van der Waals surface area contributed by atoms with Crippen LogP contribution in [0, 0.1) is 5.92 Å². The molecule has 0 aliphatic rings. The molecule has 0 N–H and O–H groups in total. The van der Waals surface area contributed by atoms with E-state index < -0.39 is 0 Å². The number of thiocarbonyl (C=S) groups is 1. The Morgan fingerprint density at radius 2 is 2.07 bits per heavy atom. The molecule has 0 bridgehead atoms. The normalized spacial score (nSPS) is 14.2. The highest BCUT2D eigenvalue weighted by molar-refractivity contribution is 9.10. The Morgan fingerprint density at radius 1 is 1.53 bits per heavy atom. The van der Waals surface area contributed by atoms with Crippen LogP contribution in [0.3, 0.4) is 0 Å². The topological polar surface area (TPSA) is 29.5 Å². The summed E-state index contributed by atoms with van der Waals surface area (Å²) < 4.78 is 4.59. The van der Waals surface area contributed by atoms with E-state index in [9.17, 15) is 4.79 Å². The zero-order chi connectivity index (χ0) is 12.0. The molecule has 0 saturated carbocycles. The maximum atomic E-state index is 11.0. The average Bonchev–Trinajstić information content (AvgIpc) is 2.22. The first-order chi connectivity index (χ1) is 6.90. The van der Waals surface area contributed by atoms with Gasteiger partial charge in [0.15, 0.2) is 0 Å². The number of methoxy groups -OCH3 is 1. The number of rotatable bonds is 5. The van der Waals surface area contributed by atoms with Gasteiger partial charge in [-0.2, -0.15) is 0 Å². The van der Waals surface area contributed by atoms with Crippen LogP contribution in [0.5, 0.6) is 0 Å². The van der Waals surface area contributed by atoms with Crippen molar-refractivity contribution >= 4 is 39.1 Å². The van der Waals surface area contributed by atoms with Gasteiger partial charge in [0, 0.05) is 20.5 Å². The molecule has 5 heteroatoms.